The fourth-order valence-electron chi connectivity index (χ4n) is 3.64. The lowest BCUT2D eigenvalue weighted by Gasteiger charge is -2.24. The summed E-state index contributed by atoms with van der Waals surface area (Å²) in [5, 5.41) is 9.44. The summed E-state index contributed by atoms with van der Waals surface area (Å²) < 4.78 is 0. The van der Waals surface area contributed by atoms with E-state index in [-0.39, 0.29) is 18.2 Å². The van der Waals surface area contributed by atoms with Gasteiger partial charge in [-0.3, -0.25) is 9.78 Å². The van der Waals surface area contributed by atoms with Gasteiger partial charge in [0.2, 0.25) is 5.91 Å². The number of carboxylic acid groups (broad SMARTS) is 1. The molecule has 0 radical (unpaired) electrons. The third-order valence-electron chi connectivity index (χ3n) is 4.52. The maximum Gasteiger partial charge on any atom is 0.326 e. The predicted octanol–water partition coefficient (Wildman–Crippen LogP) is 1.34. The standard InChI is InChI=1S/C15H18N2O3/c18-13(8-11-5-1-2-7-16-11)17-9-10-4-3-6-12(10)14(17)15(19)20/h1-2,5,7,10,12,14H,3-4,6,8-9H2,(H,19,20). The van der Waals surface area contributed by atoms with Gasteiger partial charge in [0.1, 0.15) is 6.04 Å². The number of rotatable bonds is 3. The van der Waals surface area contributed by atoms with Gasteiger partial charge in [0.05, 0.1) is 6.42 Å². The summed E-state index contributed by atoms with van der Waals surface area (Å²) in [6.07, 6.45) is 4.89. The van der Waals surface area contributed by atoms with Gasteiger partial charge in [-0.2, -0.15) is 0 Å². The van der Waals surface area contributed by atoms with Crippen LogP contribution in [0.3, 0.4) is 0 Å². The number of carbonyl (C=O) groups excluding carboxylic acids is 1. The van der Waals surface area contributed by atoms with Crippen molar-refractivity contribution in [2.24, 2.45) is 11.8 Å². The highest BCUT2D eigenvalue weighted by molar-refractivity contribution is 5.85. The maximum atomic E-state index is 12.4. The van der Waals surface area contributed by atoms with E-state index in [1.807, 2.05) is 6.07 Å². The number of fused-ring (bicyclic) bond motifs is 1. The molecule has 5 heteroatoms. The quantitative estimate of drug-likeness (QED) is 0.903. The molecule has 2 aliphatic rings. The van der Waals surface area contributed by atoms with Gasteiger partial charge in [-0.25, -0.2) is 4.79 Å². The van der Waals surface area contributed by atoms with E-state index in [1.165, 1.54) is 0 Å². The highest BCUT2D eigenvalue weighted by atomic mass is 16.4. The first-order valence-electron chi connectivity index (χ1n) is 7.09. The Labute approximate surface area is 117 Å². The molecule has 1 aromatic rings. The highest BCUT2D eigenvalue weighted by Gasteiger charge is 2.49. The number of amides is 1. The van der Waals surface area contributed by atoms with Crippen LogP contribution in [-0.2, 0) is 16.0 Å². The van der Waals surface area contributed by atoms with Crippen molar-refractivity contribution in [1.29, 1.82) is 0 Å². The first-order valence-corrected chi connectivity index (χ1v) is 7.09. The molecular weight excluding hydrogens is 256 g/mol. The Morgan fingerprint density at radius 1 is 1.35 bits per heavy atom. The van der Waals surface area contributed by atoms with Gasteiger partial charge in [-0.1, -0.05) is 12.5 Å². The summed E-state index contributed by atoms with van der Waals surface area (Å²) in [4.78, 5) is 29.6. The lowest BCUT2D eigenvalue weighted by Crippen LogP contribution is -2.44. The summed E-state index contributed by atoms with van der Waals surface area (Å²) in [6.45, 7) is 0.591. The van der Waals surface area contributed by atoms with Gasteiger partial charge in [0.25, 0.3) is 0 Å². The van der Waals surface area contributed by atoms with Crippen molar-refractivity contribution in [2.45, 2.75) is 31.7 Å². The summed E-state index contributed by atoms with van der Waals surface area (Å²) in [5.41, 5.74) is 0.693. The number of carboxylic acids is 1. The smallest absolute Gasteiger partial charge is 0.326 e. The highest BCUT2D eigenvalue weighted by Crippen LogP contribution is 2.42. The third-order valence-corrected chi connectivity index (χ3v) is 4.52. The van der Waals surface area contributed by atoms with Crippen LogP contribution in [0.15, 0.2) is 24.4 Å². The van der Waals surface area contributed by atoms with Crippen molar-refractivity contribution >= 4 is 11.9 Å². The molecule has 3 atom stereocenters. The molecule has 3 unspecified atom stereocenters. The second-order valence-corrected chi connectivity index (χ2v) is 5.68. The van der Waals surface area contributed by atoms with E-state index in [1.54, 1.807) is 23.2 Å². The van der Waals surface area contributed by atoms with Crippen LogP contribution in [0.5, 0.6) is 0 Å². The number of aliphatic carboxylic acids is 1. The largest absolute Gasteiger partial charge is 0.480 e. The Bertz CT molecular complexity index is 517. The summed E-state index contributed by atoms with van der Waals surface area (Å²) in [5.74, 6) is -0.483. The summed E-state index contributed by atoms with van der Waals surface area (Å²) >= 11 is 0. The molecule has 0 bridgehead atoms. The summed E-state index contributed by atoms with van der Waals surface area (Å²) in [6, 6.07) is 4.79. The molecule has 1 aliphatic heterocycles. The number of aromatic nitrogens is 1. The zero-order chi connectivity index (χ0) is 14.1. The molecule has 20 heavy (non-hydrogen) atoms. The van der Waals surface area contributed by atoms with E-state index in [0.717, 1.165) is 19.3 Å². The van der Waals surface area contributed by atoms with Gasteiger partial charge < -0.3 is 10.0 Å². The molecule has 0 spiro atoms. The van der Waals surface area contributed by atoms with Crippen LogP contribution in [0.25, 0.3) is 0 Å². The minimum absolute atomic E-state index is 0.120. The monoisotopic (exact) mass is 274 g/mol. The lowest BCUT2D eigenvalue weighted by atomic mass is 9.94. The second kappa shape index (κ2) is 5.23. The Balaban J connectivity index is 1.75. The zero-order valence-electron chi connectivity index (χ0n) is 11.2. The van der Waals surface area contributed by atoms with Crippen molar-refractivity contribution in [3.8, 4) is 0 Å². The second-order valence-electron chi connectivity index (χ2n) is 5.68. The maximum absolute atomic E-state index is 12.4. The average Bonchev–Trinajstić information content (AvgIpc) is 2.98. The fraction of sp³-hybridized carbons (Fsp3) is 0.533. The van der Waals surface area contributed by atoms with Crippen molar-refractivity contribution in [3.05, 3.63) is 30.1 Å². The molecule has 1 N–H and O–H groups in total. The van der Waals surface area contributed by atoms with Gasteiger partial charge in [0.15, 0.2) is 0 Å². The van der Waals surface area contributed by atoms with Crippen LogP contribution in [0.2, 0.25) is 0 Å². The van der Waals surface area contributed by atoms with Crippen molar-refractivity contribution in [1.82, 2.24) is 9.88 Å². The molecule has 1 aromatic heterocycles. The lowest BCUT2D eigenvalue weighted by molar-refractivity contribution is -0.149. The van der Waals surface area contributed by atoms with E-state index in [4.69, 9.17) is 0 Å². The Kier molecular flexibility index (Phi) is 3.42. The normalized spacial score (nSPS) is 28.4. The van der Waals surface area contributed by atoms with Crippen LogP contribution < -0.4 is 0 Å². The first-order chi connectivity index (χ1) is 9.66. The van der Waals surface area contributed by atoms with Crippen LogP contribution in [0.4, 0.5) is 0 Å². The van der Waals surface area contributed by atoms with Crippen molar-refractivity contribution < 1.29 is 14.7 Å². The van der Waals surface area contributed by atoms with E-state index >= 15 is 0 Å². The molecule has 106 valence electrons. The van der Waals surface area contributed by atoms with Crippen molar-refractivity contribution in [2.75, 3.05) is 6.54 Å². The molecule has 0 aromatic carbocycles. The number of pyridine rings is 1. The summed E-state index contributed by atoms with van der Waals surface area (Å²) in [7, 11) is 0. The Morgan fingerprint density at radius 2 is 2.20 bits per heavy atom. The van der Waals surface area contributed by atoms with E-state index in [2.05, 4.69) is 4.98 Å². The van der Waals surface area contributed by atoms with E-state index in [0.29, 0.717) is 18.2 Å². The molecule has 1 saturated heterocycles. The fourth-order valence-corrected chi connectivity index (χ4v) is 3.64. The molecule has 1 aliphatic carbocycles. The van der Waals surface area contributed by atoms with Crippen LogP contribution in [0.1, 0.15) is 25.0 Å². The average molecular weight is 274 g/mol. The predicted molar refractivity (Wildman–Crippen MR) is 71.9 cm³/mol. The van der Waals surface area contributed by atoms with Crippen LogP contribution >= 0.6 is 0 Å². The molecule has 2 fully saturated rings. The van der Waals surface area contributed by atoms with E-state index in [9.17, 15) is 14.7 Å². The molecule has 1 amide bonds. The minimum Gasteiger partial charge on any atom is -0.480 e. The third kappa shape index (κ3) is 2.28. The molecule has 1 saturated carbocycles. The van der Waals surface area contributed by atoms with Crippen molar-refractivity contribution in [3.63, 3.8) is 0 Å². The van der Waals surface area contributed by atoms with Gasteiger partial charge in [-0.05, 0) is 36.8 Å². The molecule has 5 nitrogen and oxygen atoms in total. The minimum atomic E-state index is -0.867. The molecular formula is C15H18N2O3. The topological polar surface area (TPSA) is 70.5 Å². The molecule has 2 heterocycles. The number of hydrogen-bond acceptors (Lipinski definition) is 3. The number of likely N-dealkylation sites (tertiary alicyclic amines) is 1. The number of nitrogens with zero attached hydrogens (tertiary/aromatic N) is 2. The van der Waals surface area contributed by atoms with E-state index < -0.39 is 12.0 Å². The SMILES string of the molecule is O=C(O)C1C2CCCC2CN1C(=O)Cc1ccccn1. The van der Waals surface area contributed by atoms with Crippen LogP contribution in [0, 0.1) is 11.8 Å². The number of hydrogen-bond donors (Lipinski definition) is 1. The van der Waals surface area contributed by atoms with Gasteiger partial charge >= 0.3 is 5.97 Å². The van der Waals surface area contributed by atoms with Gasteiger partial charge in [0, 0.05) is 18.4 Å². The van der Waals surface area contributed by atoms with Crippen LogP contribution in [-0.4, -0.2) is 39.5 Å². The number of carbonyl (C=O) groups is 2. The zero-order valence-corrected chi connectivity index (χ0v) is 11.2. The Morgan fingerprint density at radius 3 is 2.90 bits per heavy atom. The Hall–Kier alpha value is -1.91. The molecule has 3 rings (SSSR count). The van der Waals surface area contributed by atoms with Gasteiger partial charge in [-0.15, -0.1) is 0 Å². The first kappa shape index (κ1) is 13.1.